The highest BCUT2D eigenvalue weighted by atomic mass is 16.5. The van der Waals surface area contributed by atoms with E-state index in [2.05, 4.69) is 40.4 Å². The van der Waals surface area contributed by atoms with Gasteiger partial charge >= 0.3 is 0 Å². The van der Waals surface area contributed by atoms with Crippen molar-refractivity contribution in [3.8, 4) is 17.0 Å². The summed E-state index contributed by atoms with van der Waals surface area (Å²) in [5, 5.41) is 4.61. The van der Waals surface area contributed by atoms with Crippen LogP contribution in [0.1, 0.15) is 11.1 Å². The van der Waals surface area contributed by atoms with Crippen molar-refractivity contribution in [3.05, 3.63) is 66.1 Å². The van der Waals surface area contributed by atoms with Crippen LogP contribution in [0.5, 0.6) is 5.75 Å². The molecule has 5 heteroatoms. The molecular weight excluding hydrogens is 312 g/mol. The smallest absolute Gasteiger partial charge is 0.122 e. The summed E-state index contributed by atoms with van der Waals surface area (Å²) in [5.74, 6) is 0.952. The van der Waals surface area contributed by atoms with Crippen molar-refractivity contribution in [1.82, 2.24) is 19.7 Å². The fourth-order valence-corrected chi connectivity index (χ4v) is 2.99. The third kappa shape index (κ3) is 4.25. The highest BCUT2D eigenvalue weighted by Gasteiger charge is 2.13. The Labute approximate surface area is 148 Å². The summed E-state index contributed by atoms with van der Waals surface area (Å²) in [6.45, 7) is 1.79. The number of aromatic nitrogens is 3. The molecule has 0 atom stereocenters. The summed E-state index contributed by atoms with van der Waals surface area (Å²) in [7, 11) is 5.81. The normalized spacial score (nSPS) is 11.0. The van der Waals surface area contributed by atoms with Crippen molar-refractivity contribution >= 4 is 0 Å². The lowest BCUT2D eigenvalue weighted by Crippen LogP contribution is -2.21. The number of hydrogen-bond acceptors (Lipinski definition) is 4. The van der Waals surface area contributed by atoms with Crippen molar-refractivity contribution in [2.45, 2.75) is 13.0 Å². The van der Waals surface area contributed by atoms with Crippen molar-refractivity contribution in [2.24, 2.45) is 7.05 Å². The van der Waals surface area contributed by atoms with Gasteiger partial charge in [-0.15, -0.1) is 0 Å². The van der Waals surface area contributed by atoms with Gasteiger partial charge in [0.2, 0.25) is 0 Å². The first kappa shape index (κ1) is 17.2. The minimum absolute atomic E-state index is 0.840. The maximum Gasteiger partial charge on any atom is 0.122 e. The summed E-state index contributed by atoms with van der Waals surface area (Å²) in [6.07, 6.45) is 6.68. The van der Waals surface area contributed by atoms with Crippen LogP contribution in [-0.4, -0.2) is 40.4 Å². The molecule has 130 valence electrons. The van der Waals surface area contributed by atoms with Crippen LogP contribution in [-0.2, 0) is 20.0 Å². The number of aryl methyl sites for hydroxylation is 1. The number of hydrogen-bond donors (Lipinski definition) is 0. The first-order chi connectivity index (χ1) is 12.2. The Morgan fingerprint density at radius 3 is 2.72 bits per heavy atom. The van der Waals surface area contributed by atoms with Gasteiger partial charge in [0.15, 0.2) is 0 Å². The highest BCUT2D eigenvalue weighted by molar-refractivity contribution is 5.61. The van der Waals surface area contributed by atoms with Crippen LogP contribution >= 0.6 is 0 Å². The van der Waals surface area contributed by atoms with Gasteiger partial charge < -0.3 is 9.64 Å². The Balaban J connectivity index is 1.68. The van der Waals surface area contributed by atoms with Gasteiger partial charge in [-0.3, -0.25) is 9.67 Å². The number of methoxy groups -OCH3 is 1. The second-order valence-electron chi connectivity index (χ2n) is 6.22. The number of pyridine rings is 1. The molecule has 0 amide bonds. The highest BCUT2D eigenvalue weighted by Crippen LogP contribution is 2.22. The molecule has 0 radical (unpaired) electrons. The van der Waals surface area contributed by atoms with E-state index in [0.29, 0.717) is 0 Å². The SMILES string of the molecule is COc1ccccc1CCN(C)Cc1cn(C)nc1-c1cccnc1. The third-order valence-electron chi connectivity index (χ3n) is 4.24. The summed E-state index contributed by atoms with van der Waals surface area (Å²) in [5.41, 5.74) is 4.49. The first-order valence-electron chi connectivity index (χ1n) is 8.40. The quantitative estimate of drug-likeness (QED) is 0.665. The maximum atomic E-state index is 5.44. The molecule has 1 aromatic carbocycles. The molecule has 2 aromatic heterocycles. The first-order valence-corrected chi connectivity index (χ1v) is 8.40. The minimum Gasteiger partial charge on any atom is -0.496 e. The van der Waals surface area contributed by atoms with E-state index in [1.165, 1.54) is 11.1 Å². The Morgan fingerprint density at radius 2 is 1.96 bits per heavy atom. The Kier molecular flexibility index (Phi) is 5.46. The molecular formula is C20H24N4O. The zero-order chi connectivity index (χ0) is 17.6. The summed E-state index contributed by atoms with van der Waals surface area (Å²) < 4.78 is 7.30. The fourth-order valence-electron chi connectivity index (χ4n) is 2.99. The Hall–Kier alpha value is -2.66. The molecule has 5 nitrogen and oxygen atoms in total. The van der Waals surface area contributed by atoms with Crippen LogP contribution in [0.25, 0.3) is 11.3 Å². The van der Waals surface area contributed by atoms with Gasteiger partial charge in [-0.1, -0.05) is 18.2 Å². The molecule has 2 heterocycles. The average Bonchev–Trinajstić information content (AvgIpc) is 3.01. The van der Waals surface area contributed by atoms with Crippen LogP contribution in [0.15, 0.2) is 55.0 Å². The van der Waals surface area contributed by atoms with Crippen LogP contribution in [0.2, 0.25) is 0 Å². The molecule has 0 aliphatic rings. The fraction of sp³-hybridized carbons (Fsp3) is 0.300. The molecule has 0 saturated carbocycles. The molecule has 0 aliphatic carbocycles. The summed E-state index contributed by atoms with van der Waals surface area (Å²) >= 11 is 0. The third-order valence-corrected chi connectivity index (χ3v) is 4.24. The van der Waals surface area contributed by atoms with Gasteiger partial charge in [0.25, 0.3) is 0 Å². The predicted molar refractivity (Wildman–Crippen MR) is 99.5 cm³/mol. The minimum atomic E-state index is 0.840. The Morgan fingerprint density at radius 1 is 1.12 bits per heavy atom. The van der Waals surface area contributed by atoms with E-state index >= 15 is 0 Å². The molecule has 0 fully saturated rings. The van der Waals surface area contributed by atoms with Crippen molar-refractivity contribution in [2.75, 3.05) is 20.7 Å². The average molecular weight is 336 g/mol. The molecule has 0 saturated heterocycles. The molecule has 0 bridgehead atoms. The lowest BCUT2D eigenvalue weighted by molar-refractivity contribution is 0.328. The van der Waals surface area contributed by atoms with Gasteiger partial charge in [0, 0.05) is 49.9 Å². The van der Waals surface area contributed by atoms with Crippen molar-refractivity contribution in [3.63, 3.8) is 0 Å². The molecule has 0 unspecified atom stereocenters. The topological polar surface area (TPSA) is 43.2 Å². The number of likely N-dealkylation sites (N-methyl/N-ethyl adjacent to an activating group) is 1. The second-order valence-corrected chi connectivity index (χ2v) is 6.22. The van der Waals surface area contributed by atoms with Gasteiger partial charge in [-0.2, -0.15) is 5.10 Å². The summed E-state index contributed by atoms with van der Waals surface area (Å²) in [6, 6.07) is 12.2. The second kappa shape index (κ2) is 7.94. The molecule has 0 aliphatic heterocycles. The van der Waals surface area contributed by atoms with E-state index in [1.54, 1.807) is 13.3 Å². The van der Waals surface area contributed by atoms with E-state index in [1.807, 2.05) is 42.2 Å². The molecule has 25 heavy (non-hydrogen) atoms. The van der Waals surface area contributed by atoms with Crippen LogP contribution in [0, 0.1) is 0 Å². The van der Waals surface area contributed by atoms with Gasteiger partial charge in [-0.05, 0) is 37.2 Å². The molecule has 0 N–H and O–H groups in total. The number of nitrogens with zero attached hydrogens (tertiary/aromatic N) is 4. The van der Waals surface area contributed by atoms with Gasteiger partial charge in [0.1, 0.15) is 5.75 Å². The molecule has 3 aromatic rings. The van der Waals surface area contributed by atoms with Crippen LogP contribution in [0.3, 0.4) is 0 Å². The van der Waals surface area contributed by atoms with Gasteiger partial charge in [-0.25, -0.2) is 0 Å². The van der Waals surface area contributed by atoms with E-state index in [0.717, 1.165) is 36.5 Å². The van der Waals surface area contributed by atoms with E-state index in [-0.39, 0.29) is 0 Å². The van der Waals surface area contributed by atoms with Crippen LogP contribution < -0.4 is 4.74 Å². The standard InChI is InChI=1S/C20H24N4O/c1-23(12-10-16-7-4-5-9-19(16)25-3)14-18-15-24(2)22-20(18)17-8-6-11-21-13-17/h4-9,11,13,15H,10,12,14H2,1-3H3. The maximum absolute atomic E-state index is 5.44. The lowest BCUT2D eigenvalue weighted by Gasteiger charge is -2.17. The summed E-state index contributed by atoms with van der Waals surface area (Å²) in [4.78, 5) is 6.52. The largest absolute Gasteiger partial charge is 0.496 e. The number of para-hydroxylation sites is 1. The number of ether oxygens (including phenoxy) is 1. The van der Waals surface area contributed by atoms with Crippen molar-refractivity contribution < 1.29 is 4.74 Å². The molecule has 0 spiro atoms. The van der Waals surface area contributed by atoms with Gasteiger partial charge in [0.05, 0.1) is 12.8 Å². The van der Waals surface area contributed by atoms with E-state index in [9.17, 15) is 0 Å². The molecule has 3 rings (SSSR count). The van der Waals surface area contributed by atoms with Crippen LogP contribution in [0.4, 0.5) is 0 Å². The van der Waals surface area contributed by atoms with E-state index < -0.39 is 0 Å². The number of benzene rings is 1. The zero-order valence-electron chi connectivity index (χ0n) is 15.0. The van der Waals surface area contributed by atoms with E-state index in [4.69, 9.17) is 4.74 Å². The zero-order valence-corrected chi connectivity index (χ0v) is 15.0. The number of rotatable bonds is 7. The lowest BCUT2D eigenvalue weighted by atomic mass is 10.1. The predicted octanol–water partition coefficient (Wildman–Crippen LogP) is 3.17. The monoisotopic (exact) mass is 336 g/mol. The Bertz CT molecular complexity index is 814. The van der Waals surface area contributed by atoms with Crippen molar-refractivity contribution in [1.29, 1.82) is 0 Å².